The first-order valence-electron chi connectivity index (χ1n) is 6.36. The molecule has 4 nitrogen and oxygen atoms in total. The maximum atomic E-state index is 13.4. The van der Waals surface area contributed by atoms with E-state index in [1.807, 2.05) is 12.1 Å². The smallest absolute Gasteiger partial charge is 0.257 e. The average molecular weight is 281 g/mol. The van der Waals surface area contributed by atoms with Gasteiger partial charge in [-0.05, 0) is 36.4 Å². The zero-order chi connectivity index (χ0) is 14.8. The summed E-state index contributed by atoms with van der Waals surface area (Å²) in [5.41, 5.74) is 6.92. The van der Waals surface area contributed by atoms with E-state index in [2.05, 4.69) is 10.3 Å². The number of anilines is 2. The summed E-state index contributed by atoms with van der Waals surface area (Å²) < 4.78 is 13.4. The highest BCUT2D eigenvalue weighted by molar-refractivity contribution is 6.11. The molecule has 0 fully saturated rings. The molecular formula is C16H12FN3O. The minimum Gasteiger partial charge on any atom is -0.396 e. The molecule has 0 aliphatic rings. The van der Waals surface area contributed by atoms with Crippen molar-refractivity contribution < 1.29 is 9.18 Å². The number of amides is 1. The average Bonchev–Trinajstić information content (AvgIpc) is 2.50. The molecule has 0 radical (unpaired) electrons. The zero-order valence-corrected chi connectivity index (χ0v) is 11.0. The van der Waals surface area contributed by atoms with Gasteiger partial charge >= 0.3 is 0 Å². The van der Waals surface area contributed by atoms with E-state index in [-0.39, 0.29) is 11.3 Å². The summed E-state index contributed by atoms with van der Waals surface area (Å²) in [6.07, 6.45) is 1.68. The van der Waals surface area contributed by atoms with Gasteiger partial charge in [-0.2, -0.15) is 0 Å². The Balaban J connectivity index is 1.99. The van der Waals surface area contributed by atoms with Crippen molar-refractivity contribution in [1.82, 2.24) is 4.98 Å². The van der Waals surface area contributed by atoms with Gasteiger partial charge in [-0.1, -0.05) is 12.1 Å². The van der Waals surface area contributed by atoms with Gasteiger partial charge in [0.2, 0.25) is 0 Å². The molecule has 3 aromatic rings. The molecule has 3 rings (SSSR count). The van der Waals surface area contributed by atoms with Crippen molar-refractivity contribution in [2.45, 2.75) is 0 Å². The van der Waals surface area contributed by atoms with Crippen LogP contribution in [0.5, 0.6) is 0 Å². The van der Waals surface area contributed by atoms with Crippen molar-refractivity contribution in [3.8, 4) is 0 Å². The largest absolute Gasteiger partial charge is 0.396 e. The molecule has 1 amide bonds. The lowest BCUT2D eigenvalue weighted by molar-refractivity contribution is 0.102. The number of nitrogen functional groups attached to an aromatic ring is 1. The summed E-state index contributed by atoms with van der Waals surface area (Å²) in [5, 5.41) is 3.55. The zero-order valence-electron chi connectivity index (χ0n) is 11.0. The number of pyridine rings is 1. The first-order valence-corrected chi connectivity index (χ1v) is 6.36. The number of aromatic nitrogens is 1. The first kappa shape index (κ1) is 13.1. The van der Waals surface area contributed by atoms with Crippen LogP contribution in [-0.2, 0) is 0 Å². The Kier molecular flexibility index (Phi) is 3.23. The van der Waals surface area contributed by atoms with E-state index in [4.69, 9.17) is 5.73 Å². The molecule has 2 aromatic carbocycles. The molecule has 1 heterocycles. The van der Waals surface area contributed by atoms with E-state index in [1.54, 1.807) is 24.4 Å². The third-order valence-corrected chi connectivity index (χ3v) is 3.19. The highest BCUT2D eigenvalue weighted by Crippen LogP contribution is 2.23. The molecule has 0 saturated heterocycles. The molecule has 3 N–H and O–H groups in total. The van der Waals surface area contributed by atoms with Gasteiger partial charge in [0.05, 0.1) is 22.5 Å². The fourth-order valence-electron chi connectivity index (χ4n) is 2.14. The molecule has 0 aliphatic carbocycles. The summed E-state index contributed by atoms with van der Waals surface area (Å²) in [6.45, 7) is 0. The number of hydrogen-bond acceptors (Lipinski definition) is 3. The second kappa shape index (κ2) is 5.20. The monoisotopic (exact) mass is 281 g/mol. The molecule has 0 saturated carbocycles. The van der Waals surface area contributed by atoms with Crippen LogP contribution in [0.1, 0.15) is 10.4 Å². The van der Waals surface area contributed by atoms with Gasteiger partial charge in [0.15, 0.2) is 0 Å². The molecule has 0 aliphatic heterocycles. The topological polar surface area (TPSA) is 68.0 Å². The second-order valence-corrected chi connectivity index (χ2v) is 4.53. The van der Waals surface area contributed by atoms with E-state index in [1.165, 1.54) is 18.2 Å². The number of nitrogens with two attached hydrogens (primary N) is 1. The highest BCUT2D eigenvalue weighted by atomic mass is 19.1. The summed E-state index contributed by atoms with van der Waals surface area (Å²) >= 11 is 0. The Labute approximate surface area is 120 Å². The van der Waals surface area contributed by atoms with E-state index >= 15 is 0 Å². The number of nitrogens with zero attached hydrogens (tertiary/aromatic N) is 1. The number of nitrogens with one attached hydrogen (secondary N) is 1. The minimum absolute atomic E-state index is 0.107. The maximum absolute atomic E-state index is 13.4. The Bertz CT molecular complexity index is 827. The van der Waals surface area contributed by atoms with Crippen LogP contribution in [0.4, 0.5) is 15.8 Å². The predicted octanol–water partition coefficient (Wildman–Crippen LogP) is 3.21. The summed E-state index contributed by atoms with van der Waals surface area (Å²) in [6, 6.07) is 13.2. The van der Waals surface area contributed by atoms with E-state index in [0.717, 1.165) is 10.9 Å². The van der Waals surface area contributed by atoms with E-state index < -0.39 is 11.7 Å². The van der Waals surface area contributed by atoms with Gasteiger partial charge in [-0.3, -0.25) is 9.78 Å². The Hall–Kier alpha value is -2.95. The van der Waals surface area contributed by atoms with Crippen LogP contribution >= 0.6 is 0 Å². The molecule has 0 unspecified atom stereocenters. The predicted molar refractivity (Wildman–Crippen MR) is 80.5 cm³/mol. The number of rotatable bonds is 2. The molecule has 104 valence electrons. The molecular weight excluding hydrogens is 269 g/mol. The number of carbonyl (C=O) groups excluding carboxylic acids is 1. The van der Waals surface area contributed by atoms with Crippen molar-refractivity contribution >= 4 is 28.2 Å². The van der Waals surface area contributed by atoms with Gasteiger partial charge in [0.25, 0.3) is 5.91 Å². The quantitative estimate of drug-likeness (QED) is 0.709. The van der Waals surface area contributed by atoms with Gasteiger partial charge < -0.3 is 11.1 Å². The second-order valence-electron chi connectivity index (χ2n) is 4.53. The van der Waals surface area contributed by atoms with Crippen LogP contribution in [0, 0.1) is 5.82 Å². The van der Waals surface area contributed by atoms with E-state index in [9.17, 15) is 9.18 Å². The fourth-order valence-corrected chi connectivity index (χ4v) is 2.14. The third-order valence-electron chi connectivity index (χ3n) is 3.19. The van der Waals surface area contributed by atoms with Crippen LogP contribution in [0.15, 0.2) is 54.7 Å². The molecule has 1 aromatic heterocycles. The lowest BCUT2D eigenvalue weighted by Gasteiger charge is -2.10. The number of benzene rings is 2. The summed E-state index contributed by atoms with van der Waals surface area (Å²) in [5.74, 6) is -1.06. The van der Waals surface area contributed by atoms with Crippen molar-refractivity contribution in [3.05, 3.63) is 66.1 Å². The number of carbonyl (C=O) groups is 1. The Morgan fingerprint density at radius 3 is 2.76 bits per heavy atom. The number of halogens is 1. The standard InChI is InChI=1S/C16H12FN3O/c17-12-6-1-4-11(15(12)18)16(21)20-14-8-2-7-13-10(14)5-3-9-19-13/h1-9H,18H2,(H,20,21). The lowest BCUT2D eigenvalue weighted by atomic mass is 10.1. The SMILES string of the molecule is Nc1c(F)cccc1C(=O)Nc1cccc2ncccc12. The van der Waals surface area contributed by atoms with Crippen molar-refractivity contribution in [3.63, 3.8) is 0 Å². The molecule has 0 spiro atoms. The van der Waals surface area contributed by atoms with Crippen LogP contribution in [0.25, 0.3) is 10.9 Å². The molecule has 21 heavy (non-hydrogen) atoms. The number of fused-ring (bicyclic) bond motifs is 1. The third kappa shape index (κ3) is 2.41. The van der Waals surface area contributed by atoms with E-state index in [0.29, 0.717) is 5.69 Å². The van der Waals surface area contributed by atoms with Gasteiger partial charge in [-0.15, -0.1) is 0 Å². The highest BCUT2D eigenvalue weighted by Gasteiger charge is 2.13. The van der Waals surface area contributed by atoms with Gasteiger partial charge in [-0.25, -0.2) is 4.39 Å². The van der Waals surface area contributed by atoms with Crippen molar-refractivity contribution in [2.75, 3.05) is 11.1 Å². The minimum atomic E-state index is -0.609. The van der Waals surface area contributed by atoms with Gasteiger partial charge in [0.1, 0.15) is 5.82 Å². The first-order chi connectivity index (χ1) is 10.2. The van der Waals surface area contributed by atoms with Crippen LogP contribution in [-0.4, -0.2) is 10.9 Å². The molecule has 0 bridgehead atoms. The van der Waals surface area contributed by atoms with Crippen LogP contribution in [0.2, 0.25) is 0 Å². The molecule has 0 atom stereocenters. The molecule has 5 heteroatoms. The van der Waals surface area contributed by atoms with Gasteiger partial charge in [0, 0.05) is 11.6 Å². The van der Waals surface area contributed by atoms with Crippen LogP contribution in [0.3, 0.4) is 0 Å². The Morgan fingerprint density at radius 1 is 1.10 bits per heavy atom. The Morgan fingerprint density at radius 2 is 1.90 bits per heavy atom. The lowest BCUT2D eigenvalue weighted by Crippen LogP contribution is -2.15. The normalized spacial score (nSPS) is 10.5. The number of para-hydroxylation sites is 1. The fraction of sp³-hybridized carbons (Fsp3) is 0. The summed E-state index contributed by atoms with van der Waals surface area (Å²) in [7, 11) is 0. The summed E-state index contributed by atoms with van der Waals surface area (Å²) in [4.78, 5) is 16.5. The maximum Gasteiger partial charge on any atom is 0.257 e. The van der Waals surface area contributed by atoms with Crippen molar-refractivity contribution in [1.29, 1.82) is 0 Å². The number of hydrogen-bond donors (Lipinski definition) is 2. The van der Waals surface area contributed by atoms with Crippen LogP contribution < -0.4 is 11.1 Å². The van der Waals surface area contributed by atoms with Crippen molar-refractivity contribution in [2.24, 2.45) is 0 Å².